The Morgan fingerprint density at radius 1 is 1.04 bits per heavy atom. The molecule has 2 rings (SSSR count). The molecule has 0 unspecified atom stereocenters. The van der Waals surface area contributed by atoms with E-state index in [1.807, 2.05) is 24.3 Å². The van der Waals surface area contributed by atoms with Crippen molar-refractivity contribution in [3.8, 4) is 0 Å². The Balaban J connectivity index is 2.18. The van der Waals surface area contributed by atoms with Gasteiger partial charge in [-0.15, -0.1) is 0 Å². The van der Waals surface area contributed by atoms with Gasteiger partial charge in [0.15, 0.2) is 12.0 Å². The van der Waals surface area contributed by atoms with Crippen LogP contribution in [-0.4, -0.2) is 29.8 Å². The van der Waals surface area contributed by atoms with E-state index in [1.165, 1.54) is 13.1 Å². The Labute approximate surface area is 137 Å². The topological polar surface area (TPSA) is 46.4 Å². The number of benzene rings is 2. The number of carbonyl (C=O) groups excluding carboxylic acids is 1. The SMILES string of the molecule is CCN(CC)c1ccc(/C=[N+](/[O-])c2ccc(C(C)=O)cc2)cc1. The fourth-order valence-electron chi connectivity index (χ4n) is 2.41. The van der Waals surface area contributed by atoms with Gasteiger partial charge in [-0.3, -0.25) is 4.79 Å². The van der Waals surface area contributed by atoms with Crippen LogP contribution in [0.3, 0.4) is 0 Å². The highest BCUT2D eigenvalue weighted by molar-refractivity contribution is 5.94. The normalized spacial score (nSPS) is 11.3. The van der Waals surface area contributed by atoms with Crippen LogP contribution >= 0.6 is 0 Å². The third kappa shape index (κ3) is 4.19. The first-order valence-corrected chi connectivity index (χ1v) is 7.82. The Morgan fingerprint density at radius 2 is 1.61 bits per heavy atom. The van der Waals surface area contributed by atoms with Crippen LogP contribution in [0.4, 0.5) is 11.4 Å². The van der Waals surface area contributed by atoms with Gasteiger partial charge < -0.3 is 10.1 Å². The molecule has 0 aliphatic heterocycles. The van der Waals surface area contributed by atoms with Crippen LogP contribution in [0.25, 0.3) is 0 Å². The number of hydrogen-bond donors (Lipinski definition) is 0. The second kappa shape index (κ2) is 7.58. The predicted molar refractivity (Wildman–Crippen MR) is 94.9 cm³/mol. The fourth-order valence-corrected chi connectivity index (χ4v) is 2.41. The molecular weight excluding hydrogens is 288 g/mol. The fraction of sp³-hybridized carbons (Fsp3) is 0.263. The summed E-state index contributed by atoms with van der Waals surface area (Å²) in [7, 11) is 0. The van der Waals surface area contributed by atoms with Gasteiger partial charge in [0.2, 0.25) is 5.69 Å². The van der Waals surface area contributed by atoms with E-state index in [1.54, 1.807) is 24.3 Å². The van der Waals surface area contributed by atoms with Crippen LogP contribution in [0.5, 0.6) is 0 Å². The van der Waals surface area contributed by atoms with Crippen molar-refractivity contribution in [2.24, 2.45) is 0 Å². The first-order valence-electron chi connectivity index (χ1n) is 7.82. The van der Waals surface area contributed by atoms with Gasteiger partial charge in [0.25, 0.3) is 0 Å². The molecule has 2 aromatic carbocycles. The van der Waals surface area contributed by atoms with Gasteiger partial charge in [-0.25, -0.2) is 0 Å². The molecule has 2 aromatic rings. The van der Waals surface area contributed by atoms with E-state index in [2.05, 4.69) is 18.7 Å². The summed E-state index contributed by atoms with van der Waals surface area (Å²) in [6, 6.07) is 14.6. The summed E-state index contributed by atoms with van der Waals surface area (Å²) in [5.74, 6) is -0.00929. The molecule has 0 saturated heterocycles. The molecule has 4 nitrogen and oxygen atoms in total. The van der Waals surface area contributed by atoms with Crippen LogP contribution in [-0.2, 0) is 0 Å². The maximum atomic E-state index is 12.2. The second-order valence-electron chi connectivity index (χ2n) is 5.32. The lowest BCUT2D eigenvalue weighted by Gasteiger charge is -2.20. The van der Waals surface area contributed by atoms with Crippen molar-refractivity contribution >= 4 is 23.4 Å². The highest BCUT2D eigenvalue weighted by Gasteiger charge is 2.05. The number of nitrogens with zero attached hydrogens (tertiary/aromatic N) is 2. The lowest BCUT2D eigenvalue weighted by Crippen LogP contribution is -2.21. The van der Waals surface area contributed by atoms with Crippen LogP contribution in [0.2, 0.25) is 0 Å². The maximum Gasteiger partial charge on any atom is 0.216 e. The molecule has 0 aliphatic rings. The molecule has 0 aromatic heterocycles. The monoisotopic (exact) mass is 310 g/mol. The van der Waals surface area contributed by atoms with Gasteiger partial charge in [0.1, 0.15) is 0 Å². The zero-order valence-electron chi connectivity index (χ0n) is 13.8. The largest absolute Gasteiger partial charge is 0.618 e. The number of Topliss-reactive ketones (excluding diaryl/α,β-unsaturated/α-hetero) is 1. The average Bonchev–Trinajstić information content (AvgIpc) is 2.57. The van der Waals surface area contributed by atoms with E-state index >= 15 is 0 Å². The third-order valence-corrected chi connectivity index (χ3v) is 3.82. The van der Waals surface area contributed by atoms with E-state index in [9.17, 15) is 10.0 Å². The number of carbonyl (C=O) groups is 1. The van der Waals surface area contributed by atoms with Crippen molar-refractivity contribution in [2.45, 2.75) is 20.8 Å². The summed E-state index contributed by atoms with van der Waals surface area (Å²) in [5.41, 5.74) is 3.09. The summed E-state index contributed by atoms with van der Waals surface area (Å²) < 4.78 is 0.816. The zero-order chi connectivity index (χ0) is 16.8. The van der Waals surface area contributed by atoms with E-state index in [-0.39, 0.29) is 5.78 Å². The number of anilines is 1. The minimum atomic E-state index is -0.00929. The molecule has 0 N–H and O–H groups in total. The molecule has 0 amide bonds. The summed E-state index contributed by atoms with van der Waals surface area (Å²) in [6.45, 7) is 7.65. The van der Waals surface area contributed by atoms with Gasteiger partial charge in [-0.1, -0.05) is 0 Å². The highest BCUT2D eigenvalue weighted by Crippen LogP contribution is 2.16. The molecular formula is C19H22N2O2. The highest BCUT2D eigenvalue weighted by atomic mass is 16.5. The number of hydrogen-bond acceptors (Lipinski definition) is 3. The second-order valence-corrected chi connectivity index (χ2v) is 5.32. The van der Waals surface area contributed by atoms with Gasteiger partial charge in [-0.05, 0) is 57.2 Å². The van der Waals surface area contributed by atoms with Crippen LogP contribution < -0.4 is 4.90 Å². The first-order chi connectivity index (χ1) is 11.0. The molecule has 0 radical (unpaired) electrons. The molecule has 0 fully saturated rings. The molecule has 0 bridgehead atoms. The van der Waals surface area contributed by atoms with Gasteiger partial charge in [0.05, 0.1) is 0 Å². The van der Waals surface area contributed by atoms with Crippen LogP contribution in [0.15, 0.2) is 48.5 Å². The molecule has 4 heteroatoms. The average molecular weight is 310 g/mol. The lowest BCUT2D eigenvalue weighted by atomic mass is 10.1. The molecule has 0 heterocycles. The van der Waals surface area contributed by atoms with Crippen LogP contribution in [0, 0.1) is 5.21 Å². The molecule has 0 saturated carbocycles. The van der Waals surface area contributed by atoms with Crippen molar-refractivity contribution in [2.75, 3.05) is 18.0 Å². The molecule has 120 valence electrons. The minimum Gasteiger partial charge on any atom is -0.618 e. The van der Waals surface area contributed by atoms with Crippen molar-refractivity contribution < 1.29 is 9.53 Å². The molecule has 0 atom stereocenters. The van der Waals surface area contributed by atoms with E-state index < -0.39 is 0 Å². The van der Waals surface area contributed by atoms with E-state index in [4.69, 9.17) is 0 Å². The lowest BCUT2D eigenvalue weighted by molar-refractivity contribution is -0.354. The van der Waals surface area contributed by atoms with Crippen molar-refractivity contribution in [3.63, 3.8) is 0 Å². The Hall–Kier alpha value is -2.62. The van der Waals surface area contributed by atoms with Crippen molar-refractivity contribution in [1.29, 1.82) is 0 Å². The predicted octanol–water partition coefficient (Wildman–Crippen LogP) is 4.00. The summed E-state index contributed by atoms with van der Waals surface area (Å²) in [4.78, 5) is 13.5. The number of rotatable bonds is 6. The zero-order valence-corrected chi connectivity index (χ0v) is 13.8. The maximum absolute atomic E-state index is 12.2. The van der Waals surface area contributed by atoms with Crippen molar-refractivity contribution in [1.82, 2.24) is 0 Å². The van der Waals surface area contributed by atoms with Gasteiger partial charge >= 0.3 is 0 Å². The van der Waals surface area contributed by atoms with Gasteiger partial charge in [0, 0.05) is 42.0 Å². The van der Waals surface area contributed by atoms with E-state index in [0.29, 0.717) is 11.3 Å². The third-order valence-electron chi connectivity index (χ3n) is 3.82. The van der Waals surface area contributed by atoms with Crippen molar-refractivity contribution in [3.05, 3.63) is 64.9 Å². The summed E-state index contributed by atoms with van der Waals surface area (Å²) >= 11 is 0. The summed E-state index contributed by atoms with van der Waals surface area (Å²) in [6.07, 6.45) is 1.54. The van der Waals surface area contributed by atoms with Gasteiger partial charge in [-0.2, -0.15) is 4.74 Å². The molecule has 0 spiro atoms. The molecule has 23 heavy (non-hydrogen) atoms. The number of ketones is 1. The smallest absolute Gasteiger partial charge is 0.216 e. The Kier molecular flexibility index (Phi) is 5.52. The first kappa shape index (κ1) is 16.7. The standard InChI is InChI=1S/C19H22N2O2/c1-4-20(5-2)18-10-6-16(7-11-18)14-21(23)19-12-8-17(9-13-19)15(3)22/h6-14H,4-5H2,1-3H3/b21-14+. The summed E-state index contributed by atoms with van der Waals surface area (Å²) in [5, 5.41) is 12.2. The van der Waals surface area contributed by atoms with E-state index in [0.717, 1.165) is 29.1 Å². The Bertz CT molecular complexity index is 684. The molecule has 0 aliphatic carbocycles. The van der Waals surface area contributed by atoms with Crippen LogP contribution in [0.1, 0.15) is 36.7 Å². The quantitative estimate of drug-likeness (QED) is 0.266. The Morgan fingerprint density at radius 3 is 2.09 bits per heavy atom. The minimum absolute atomic E-state index is 0.00929.